The molecule has 4 rings (SSSR count). The van der Waals surface area contributed by atoms with E-state index in [1.54, 1.807) is 11.6 Å². The van der Waals surface area contributed by atoms with Crippen molar-refractivity contribution in [1.82, 2.24) is 19.7 Å². The van der Waals surface area contributed by atoms with E-state index in [0.717, 1.165) is 38.6 Å². The van der Waals surface area contributed by atoms with Gasteiger partial charge in [0.1, 0.15) is 17.2 Å². The number of aryl methyl sites for hydroxylation is 1. The van der Waals surface area contributed by atoms with Crippen molar-refractivity contribution in [2.45, 2.75) is 25.3 Å². The summed E-state index contributed by atoms with van der Waals surface area (Å²) in [7, 11) is 1.91. The van der Waals surface area contributed by atoms with Gasteiger partial charge in [-0.05, 0) is 31.1 Å². The van der Waals surface area contributed by atoms with Gasteiger partial charge < -0.3 is 10.7 Å². The molecule has 0 radical (unpaired) electrons. The SMILES string of the molecule is CC(=N)/C(C)=C1\C(=N)Sc2c(NCc3ccc(-c4ccn(C)n4)cc3)ncnc21. The molecule has 146 valence electrons. The summed E-state index contributed by atoms with van der Waals surface area (Å²) in [5.74, 6) is 0.712. The van der Waals surface area contributed by atoms with Gasteiger partial charge in [0, 0.05) is 36.6 Å². The summed E-state index contributed by atoms with van der Waals surface area (Å²) in [5.41, 5.74) is 5.82. The molecule has 7 nitrogen and oxygen atoms in total. The quantitative estimate of drug-likeness (QED) is 0.548. The number of aromatic nitrogens is 4. The molecule has 0 spiro atoms. The Morgan fingerprint density at radius 2 is 1.90 bits per heavy atom. The highest BCUT2D eigenvalue weighted by atomic mass is 32.2. The van der Waals surface area contributed by atoms with Gasteiger partial charge in [0.15, 0.2) is 0 Å². The van der Waals surface area contributed by atoms with Crippen LogP contribution in [0.25, 0.3) is 16.8 Å². The molecule has 1 aliphatic heterocycles. The predicted molar refractivity (Wildman–Crippen MR) is 118 cm³/mol. The highest BCUT2D eigenvalue weighted by Crippen LogP contribution is 2.44. The van der Waals surface area contributed by atoms with E-state index in [9.17, 15) is 0 Å². The number of rotatable bonds is 5. The van der Waals surface area contributed by atoms with Crippen molar-refractivity contribution in [3.63, 3.8) is 0 Å². The Bertz CT molecular complexity index is 1140. The van der Waals surface area contributed by atoms with Crippen molar-refractivity contribution in [2.75, 3.05) is 5.32 Å². The molecule has 29 heavy (non-hydrogen) atoms. The van der Waals surface area contributed by atoms with E-state index in [2.05, 4.69) is 44.6 Å². The molecule has 0 bridgehead atoms. The molecule has 8 heteroatoms. The maximum absolute atomic E-state index is 8.32. The van der Waals surface area contributed by atoms with E-state index >= 15 is 0 Å². The summed E-state index contributed by atoms with van der Waals surface area (Å²) in [4.78, 5) is 9.60. The summed E-state index contributed by atoms with van der Waals surface area (Å²) in [6, 6.07) is 10.3. The minimum atomic E-state index is 0.410. The van der Waals surface area contributed by atoms with Crippen LogP contribution in [0.15, 0.2) is 53.3 Å². The van der Waals surface area contributed by atoms with Gasteiger partial charge in [-0.15, -0.1) is 0 Å². The first kappa shape index (κ1) is 19.1. The van der Waals surface area contributed by atoms with Gasteiger partial charge in [-0.25, -0.2) is 9.97 Å². The number of fused-ring (bicyclic) bond motifs is 1. The lowest BCUT2D eigenvalue weighted by molar-refractivity contribution is 0.771. The molecule has 0 saturated heterocycles. The van der Waals surface area contributed by atoms with E-state index in [1.807, 2.05) is 26.2 Å². The molecular weight excluding hydrogens is 382 g/mol. The van der Waals surface area contributed by atoms with Gasteiger partial charge in [-0.3, -0.25) is 10.1 Å². The van der Waals surface area contributed by atoms with Crippen LogP contribution in [0.5, 0.6) is 0 Å². The number of nitrogens with zero attached hydrogens (tertiary/aromatic N) is 4. The average molecular weight is 404 g/mol. The van der Waals surface area contributed by atoms with Crippen molar-refractivity contribution in [3.8, 4) is 11.3 Å². The zero-order valence-electron chi connectivity index (χ0n) is 16.4. The van der Waals surface area contributed by atoms with E-state index in [1.165, 1.54) is 18.1 Å². The summed E-state index contributed by atoms with van der Waals surface area (Å²) in [6.45, 7) is 4.20. The predicted octanol–water partition coefficient (Wildman–Crippen LogP) is 4.39. The minimum absolute atomic E-state index is 0.410. The van der Waals surface area contributed by atoms with Crippen LogP contribution in [-0.4, -0.2) is 30.5 Å². The summed E-state index contributed by atoms with van der Waals surface area (Å²) < 4.78 is 1.79. The first-order valence-electron chi connectivity index (χ1n) is 9.15. The fourth-order valence-corrected chi connectivity index (χ4v) is 4.15. The largest absolute Gasteiger partial charge is 0.365 e. The molecule has 0 fully saturated rings. The number of benzene rings is 1. The number of anilines is 1. The van der Waals surface area contributed by atoms with E-state index in [0.29, 0.717) is 23.1 Å². The highest BCUT2D eigenvalue weighted by molar-refractivity contribution is 8.15. The van der Waals surface area contributed by atoms with E-state index < -0.39 is 0 Å². The smallest absolute Gasteiger partial charge is 0.144 e. The van der Waals surface area contributed by atoms with Crippen LogP contribution in [0.1, 0.15) is 25.1 Å². The van der Waals surface area contributed by atoms with Crippen LogP contribution in [0.2, 0.25) is 0 Å². The van der Waals surface area contributed by atoms with E-state index in [4.69, 9.17) is 10.8 Å². The van der Waals surface area contributed by atoms with Crippen LogP contribution in [0.3, 0.4) is 0 Å². The zero-order chi connectivity index (χ0) is 20.5. The Balaban J connectivity index is 1.54. The average Bonchev–Trinajstić information content (AvgIpc) is 3.29. The Hall–Kier alpha value is -3.26. The molecule has 0 unspecified atom stereocenters. The fraction of sp³-hybridized carbons (Fsp3) is 0.190. The first-order valence-corrected chi connectivity index (χ1v) is 9.97. The van der Waals surface area contributed by atoms with Gasteiger partial charge in [-0.1, -0.05) is 36.0 Å². The fourth-order valence-electron chi connectivity index (χ4n) is 3.12. The van der Waals surface area contributed by atoms with E-state index in [-0.39, 0.29) is 0 Å². The lowest BCUT2D eigenvalue weighted by Crippen LogP contribution is -2.05. The molecule has 0 aliphatic carbocycles. The zero-order valence-corrected chi connectivity index (χ0v) is 17.3. The molecule has 1 aromatic carbocycles. The number of hydrogen-bond donors (Lipinski definition) is 3. The molecule has 0 saturated carbocycles. The number of hydrogen-bond acceptors (Lipinski definition) is 7. The molecule has 2 aromatic heterocycles. The van der Waals surface area contributed by atoms with Crippen molar-refractivity contribution >= 4 is 33.9 Å². The van der Waals surface area contributed by atoms with Gasteiger partial charge in [-0.2, -0.15) is 5.10 Å². The second-order valence-corrected chi connectivity index (χ2v) is 7.90. The van der Waals surface area contributed by atoms with Gasteiger partial charge in [0.05, 0.1) is 16.3 Å². The van der Waals surface area contributed by atoms with Crippen molar-refractivity contribution < 1.29 is 0 Å². The lowest BCUT2D eigenvalue weighted by atomic mass is 10.0. The third kappa shape index (κ3) is 3.71. The second-order valence-electron chi connectivity index (χ2n) is 6.88. The summed E-state index contributed by atoms with van der Waals surface area (Å²) in [5, 5.41) is 24.4. The van der Waals surface area contributed by atoms with Crippen LogP contribution < -0.4 is 5.32 Å². The monoisotopic (exact) mass is 403 g/mol. The lowest BCUT2D eigenvalue weighted by Gasteiger charge is -2.09. The topological polar surface area (TPSA) is 103 Å². The normalized spacial score (nSPS) is 14.7. The van der Waals surface area contributed by atoms with Gasteiger partial charge in [0.2, 0.25) is 0 Å². The number of allylic oxidation sites excluding steroid dienone is 1. The van der Waals surface area contributed by atoms with Gasteiger partial charge >= 0.3 is 0 Å². The Morgan fingerprint density at radius 3 is 2.55 bits per heavy atom. The molecule has 3 aromatic rings. The highest BCUT2D eigenvalue weighted by Gasteiger charge is 2.29. The maximum Gasteiger partial charge on any atom is 0.144 e. The molecule has 0 atom stereocenters. The summed E-state index contributed by atoms with van der Waals surface area (Å²) >= 11 is 1.34. The second kappa shape index (κ2) is 7.63. The van der Waals surface area contributed by atoms with Crippen LogP contribution in [0.4, 0.5) is 5.82 Å². The molecule has 3 N–H and O–H groups in total. The minimum Gasteiger partial charge on any atom is -0.365 e. The maximum atomic E-state index is 8.32. The Morgan fingerprint density at radius 1 is 1.14 bits per heavy atom. The van der Waals surface area contributed by atoms with Crippen LogP contribution in [-0.2, 0) is 13.6 Å². The Labute approximate surface area is 173 Å². The summed E-state index contributed by atoms with van der Waals surface area (Å²) in [6.07, 6.45) is 3.44. The van der Waals surface area contributed by atoms with Crippen LogP contribution >= 0.6 is 11.8 Å². The number of nitrogens with one attached hydrogen (secondary N) is 3. The molecule has 1 aliphatic rings. The third-order valence-corrected chi connectivity index (χ3v) is 5.83. The Kier molecular flexibility index (Phi) is 5.02. The molecule has 0 amide bonds. The first-order chi connectivity index (χ1) is 13.9. The van der Waals surface area contributed by atoms with Gasteiger partial charge in [0.25, 0.3) is 0 Å². The molecule has 3 heterocycles. The molecular formula is C21H21N7S. The van der Waals surface area contributed by atoms with Crippen molar-refractivity contribution in [1.29, 1.82) is 10.8 Å². The standard InChI is InChI=1S/C21H21N7S/c1-12(13(2)22)17-18-19(29-20(17)23)21(26-11-25-18)24-10-14-4-6-15(7-5-14)16-8-9-28(3)27-16/h4-9,11,22-23H,10H2,1-3H3,(H,24,25,26)/b17-12-,22-13?,23-20?. The third-order valence-electron chi connectivity index (χ3n) is 4.83. The van der Waals surface area contributed by atoms with Crippen LogP contribution in [0, 0.1) is 10.8 Å². The number of thioether (sulfide) groups is 1. The van der Waals surface area contributed by atoms with Crippen molar-refractivity contribution in [3.05, 3.63) is 59.7 Å². The van der Waals surface area contributed by atoms with Crippen molar-refractivity contribution in [2.24, 2.45) is 7.05 Å².